The summed E-state index contributed by atoms with van der Waals surface area (Å²) in [6, 6.07) is 7.49. The van der Waals surface area contributed by atoms with Crippen LogP contribution in [0.1, 0.15) is 82.3 Å². The van der Waals surface area contributed by atoms with E-state index in [2.05, 4.69) is 21.9 Å². The monoisotopic (exact) mass is 546 g/mol. The van der Waals surface area contributed by atoms with E-state index in [1.807, 2.05) is 65.8 Å². The third-order valence-electron chi connectivity index (χ3n) is 7.06. The van der Waals surface area contributed by atoms with Gasteiger partial charge in [0.15, 0.2) is 16.6 Å². The number of amidine groups is 2. The second kappa shape index (κ2) is 12.3. The molecule has 1 aromatic heterocycles. The van der Waals surface area contributed by atoms with E-state index in [0.717, 1.165) is 52.2 Å². The summed E-state index contributed by atoms with van der Waals surface area (Å²) in [5.74, 6) is 1.53. The van der Waals surface area contributed by atoms with Gasteiger partial charge in [-0.05, 0) is 88.3 Å². The minimum absolute atomic E-state index is 0.106. The zero-order chi connectivity index (χ0) is 28.3. The van der Waals surface area contributed by atoms with E-state index in [9.17, 15) is 9.35 Å². The molecule has 9 heteroatoms. The van der Waals surface area contributed by atoms with Gasteiger partial charge >= 0.3 is 0 Å². The molecule has 1 aromatic carbocycles. The molecule has 2 heterocycles. The predicted octanol–water partition coefficient (Wildman–Crippen LogP) is 5.28. The van der Waals surface area contributed by atoms with Crippen molar-refractivity contribution in [1.29, 1.82) is 0 Å². The highest BCUT2D eigenvalue weighted by Crippen LogP contribution is 2.42. The van der Waals surface area contributed by atoms with Gasteiger partial charge in [-0.25, -0.2) is 20.0 Å². The highest BCUT2D eigenvalue weighted by molar-refractivity contribution is 7.91. The molecule has 0 radical (unpaired) electrons. The molecule has 1 amide bonds. The molecular formula is C30H38N6O2S. The molecule has 1 N–H and O–H groups in total. The maximum atomic E-state index is 13.8. The van der Waals surface area contributed by atoms with Crippen LogP contribution in [0.5, 0.6) is 0 Å². The van der Waals surface area contributed by atoms with Gasteiger partial charge in [0.25, 0.3) is 5.91 Å². The summed E-state index contributed by atoms with van der Waals surface area (Å²) in [4.78, 5) is 35.0. The number of rotatable bonds is 9. The van der Waals surface area contributed by atoms with Crippen molar-refractivity contribution in [1.82, 2.24) is 20.2 Å². The Morgan fingerprint density at radius 2 is 1.92 bits per heavy atom. The minimum atomic E-state index is -0.998. The molecule has 4 rings (SSSR count). The molecule has 1 aliphatic carbocycles. The van der Waals surface area contributed by atoms with Crippen molar-refractivity contribution in [3.63, 3.8) is 0 Å². The summed E-state index contributed by atoms with van der Waals surface area (Å²) in [5, 5.41) is 3.24. The number of nitrogens with one attached hydrogen (secondary N) is 1. The number of nitrogens with zero attached hydrogens (tertiary/aromatic N) is 5. The van der Waals surface area contributed by atoms with Crippen LogP contribution in [0.25, 0.3) is 5.70 Å². The van der Waals surface area contributed by atoms with Crippen LogP contribution in [0, 0.1) is 6.92 Å². The Morgan fingerprint density at radius 1 is 1.23 bits per heavy atom. The van der Waals surface area contributed by atoms with Crippen LogP contribution in [-0.4, -0.2) is 48.8 Å². The van der Waals surface area contributed by atoms with E-state index in [4.69, 9.17) is 9.98 Å². The molecule has 1 aliphatic heterocycles. The lowest BCUT2D eigenvalue weighted by molar-refractivity contribution is -0.122. The predicted molar refractivity (Wildman–Crippen MR) is 158 cm³/mol. The molecule has 39 heavy (non-hydrogen) atoms. The van der Waals surface area contributed by atoms with Gasteiger partial charge in [-0.3, -0.25) is 9.69 Å². The summed E-state index contributed by atoms with van der Waals surface area (Å²) in [6.07, 6.45) is 4.55. The highest BCUT2D eigenvalue weighted by atomic mass is 32.2. The normalized spacial score (nSPS) is 18.2. The molecule has 0 saturated heterocycles. The lowest BCUT2D eigenvalue weighted by Crippen LogP contribution is -2.53. The largest absolute Gasteiger partial charge is 0.611 e. The number of allylic oxidation sites excluding steroid dienone is 1. The van der Waals surface area contributed by atoms with Crippen molar-refractivity contribution in [2.75, 3.05) is 5.75 Å². The summed E-state index contributed by atoms with van der Waals surface area (Å²) in [7, 11) is 0. The lowest BCUT2D eigenvalue weighted by Gasteiger charge is -2.34. The number of aryl methyl sites for hydroxylation is 1. The van der Waals surface area contributed by atoms with E-state index in [0.29, 0.717) is 35.4 Å². The van der Waals surface area contributed by atoms with Crippen molar-refractivity contribution >= 4 is 34.5 Å². The van der Waals surface area contributed by atoms with Crippen molar-refractivity contribution in [2.24, 2.45) is 9.98 Å². The van der Waals surface area contributed by atoms with Gasteiger partial charge in [0.1, 0.15) is 17.8 Å². The minimum Gasteiger partial charge on any atom is -0.611 e. The van der Waals surface area contributed by atoms with Gasteiger partial charge in [0.2, 0.25) is 0 Å². The highest BCUT2D eigenvalue weighted by Gasteiger charge is 2.36. The zero-order valence-electron chi connectivity index (χ0n) is 23.7. The van der Waals surface area contributed by atoms with Crippen molar-refractivity contribution in [2.45, 2.75) is 84.2 Å². The first kappa shape index (κ1) is 28.7. The summed E-state index contributed by atoms with van der Waals surface area (Å²) < 4.78 is 12.1. The summed E-state index contributed by atoms with van der Waals surface area (Å²) in [6.45, 7) is 16.6. The average Bonchev–Trinajstić information content (AvgIpc) is 3.77. The van der Waals surface area contributed by atoms with Crippen LogP contribution < -0.4 is 5.32 Å². The number of amides is 1. The number of hydrogen-bond donors (Lipinski definition) is 1. The Morgan fingerprint density at radius 3 is 2.51 bits per heavy atom. The van der Waals surface area contributed by atoms with Crippen molar-refractivity contribution < 1.29 is 9.35 Å². The van der Waals surface area contributed by atoms with Crippen LogP contribution in [0.3, 0.4) is 0 Å². The fraction of sp³-hybridized carbons (Fsp3) is 0.433. The third kappa shape index (κ3) is 6.31. The first-order chi connectivity index (χ1) is 18.7. The lowest BCUT2D eigenvalue weighted by atomic mass is 10.1. The Bertz CT molecular complexity index is 1340. The SMILES string of the molecule is C=C(/N=C1\C(=C(C)C)N=C(NCc2ccc([S+]([O-])CC)cc2)C(=O)N1[C@@H](C)CC)c1c(C)ncnc1C1CC1. The van der Waals surface area contributed by atoms with E-state index in [-0.39, 0.29) is 17.8 Å². The van der Waals surface area contributed by atoms with Gasteiger partial charge in [-0.15, -0.1) is 0 Å². The number of aliphatic imine (C=N–C) groups is 2. The zero-order valence-corrected chi connectivity index (χ0v) is 24.6. The summed E-state index contributed by atoms with van der Waals surface area (Å²) in [5.41, 5.74) is 5.77. The standard InChI is InChI=1S/C30H38N6O2S/c1-8-19(5)36-29(34-21(7)25-20(6)32-17-33-27(25)23-12-13-23)26(18(3)4)35-28(30(36)37)31-16-22-10-14-24(15-11-22)39(38)9-2/h10-11,14-15,17,19,23H,7-9,12-13,16H2,1-6H3,(H,31,35)/b34-29+/t19-,39?/m0/s1. The smallest absolute Gasteiger partial charge is 0.295 e. The summed E-state index contributed by atoms with van der Waals surface area (Å²) >= 11 is -0.998. The van der Waals surface area contributed by atoms with Gasteiger partial charge in [-0.2, -0.15) is 0 Å². The number of carbonyl (C=O) groups is 1. The third-order valence-corrected chi connectivity index (χ3v) is 8.38. The molecule has 8 nitrogen and oxygen atoms in total. The molecular weight excluding hydrogens is 508 g/mol. The molecule has 1 fully saturated rings. The van der Waals surface area contributed by atoms with Crippen molar-refractivity contribution in [3.8, 4) is 0 Å². The van der Waals surface area contributed by atoms with Crippen LogP contribution in [0.2, 0.25) is 0 Å². The van der Waals surface area contributed by atoms with E-state index in [1.54, 1.807) is 11.2 Å². The Hall–Kier alpha value is -3.30. The fourth-order valence-corrected chi connectivity index (χ4v) is 5.27. The molecule has 1 saturated carbocycles. The number of hydrogen-bond acceptors (Lipinski definition) is 7. The fourth-order valence-electron chi connectivity index (χ4n) is 4.49. The Labute approximate surface area is 234 Å². The van der Waals surface area contributed by atoms with Gasteiger partial charge in [-0.1, -0.05) is 25.6 Å². The van der Waals surface area contributed by atoms with Crippen LogP contribution in [0.15, 0.2) is 63.3 Å². The molecule has 2 aromatic rings. The second-order valence-corrected chi connectivity index (χ2v) is 12.0. The molecule has 0 bridgehead atoms. The molecule has 0 spiro atoms. The molecule has 206 valence electrons. The van der Waals surface area contributed by atoms with Gasteiger partial charge in [0, 0.05) is 24.1 Å². The first-order valence-electron chi connectivity index (χ1n) is 13.6. The maximum Gasteiger partial charge on any atom is 0.295 e. The topological polar surface area (TPSA) is 106 Å². The number of aromatic nitrogens is 2. The van der Waals surface area contributed by atoms with Crippen molar-refractivity contribution in [3.05, 3.63) is 71.0 Å². The first-order valence-corrected chi connectivity index (χ1v) is 14.9. The average molecular weight is 547 g/mol. The molecule has 1 unspecified atom stereocenters. The Kier molecular flexibility index (Phi) is 9.02. The Balaban J connectivity index is 1.68. The number of benzene rings is 1. The number of carbonyl (C=O) groups excluding carboxylic acids is 1. The van der Waals surface area contributed by atoms with E-state index < -0.39 is 11.2 Å². The molecule has 2 aliphatic rings. The van der Waals surface area contributed by atoms with Crippen LogP contribution in [-0.2, 0) is 22.5 Å². The van der Waals surface area contributed by atoms with Crippen LogP contribution >= 0.6 is 0 Å². The van der Waals surface area contributed by atoms with E-state index >= 15 is 0 Å². The maximum absolute atomic E-state index is 13.8. The van der Waals surface area contributed by atoms with Gasteiger partial charge < -0.3 is 9.87 Å². The molecule has 2 atom stereocenters. The second-order valence-electron chi connectivity index (χ2n) is 10.2. The quantitative estimate of drug-likeness (QED) is 0.431. The van der Waals surface area contributed by atoms with Crippen LogP contribution in [0.4, 0.5) is 0 Å². The van der Waals surface area contributed by atoms with Gasteiger partial charge in [0.05, 0.1) is 17.1 Å². The van der Waals surface area contributed by atoms with E-state index in [1.165, 1.54) is 0 Å².